The van der Waals surface area contributed by atoms with Gasteiger partial charge in [0, 0.05) is 16.7 Å². The second-order valence-electron chi connectivity index (χ2n) is 4.95. The average molecular weight is 349 g/mol. The molecule has 3 rings (SSSR count). The summed E-state index contributed by atoms with van der Waals surface area (Å²) in [5.74, 6) is -0.615. The molecule has 1 aliphatic heterocycles. The van der Waals surface area contributed by atoms with E-state index in [0.717, 1.165) is 25.2 Å². The van der Waals surface area contributed by atoms with Crippen LogP contribution in [0.25, 0.3) is 0 Å². The van der Waals surface area contributed by atoms with Gasteiger partial charge >= 0.3 is 0 Å². The predicted molar refractivity (Wildman–Crippen MR) is 83.9 cm³/mol. The lowest BCUT2D eigenvalue weighted by Gasteiger charge is -2.20. The summed E-state index contributed by atoms with van der Waals surface area (Å²) in [5.41, 5.74) is 3.62. The minimum atomic E-state index is -0.374. The van der Waals surface area contributed by atoms with Crippen LogP contribution in [-0.4, -0.2) is 12.5 Å². The van der Waals surface area contributed by atoms with E-state index in [9.17, 15) is 9.18 Å². The molecular weight excluding hydrogens is 335 g/mol. The van der Waals surface area contributed by atoms with Gasteiger partial charge < -0.3 is 10.6 Å². The normalized spacial score (nSPS) is 13.6. The van der Waals surface area contributed by atoms with Gasteiger partial charge in [-0.1, -0.05) is 12.1 Å². The van der Waals surface area contributed by atoms with Gasteiger partial charge in [0.1, 0.15) is 5.82 Å². The van der Waals surface area contributed by atoms with E-state index < -0.39 is 0 Å². The topological polar surface area (TPSA) is 41.1 Å². The first-order valence-corrected chi connectivity index (χ1v) is 7.52. The fourth-order valence-corrected chi connectivity index (χ4v) is 3.04. The number of amides is 1. The lowest BCUT2D eigenvalue weighted by atomic mass is 9.99. The van der Waals surface area contributed by atoms with E-state index in [1.807, 2.05) is 12.1 Å². The summed E-state index contributed by atoms with van der Waals surface area (Å²) in [5, 5.41) is 6.23. The molecule has 0 aliphatic carbocycles. The van der Waals surface area contributed by atoms with Gasteiger partial charge in [-0.05, 0) is 64.3 Å². The lowest BCUT2D eigenvalue weighted by Crippen LogP contribution is -2.25. The van der Waals surface area contributed by atoms with Gasteiger partial charge in [0.2, 0.25) is 0 Å². The van der Waals surface area contributed by atoms with Gasteiger partial charge in [-0.15, -0.1) is 0 Å². The Hall–Kier alpha value is -1.72. The molecule has 0 unspecified atom stereocenters. The molecule has 108 valence electrons. The zero-order valence-electron chi connectivity index (χ0n) is 11.2. The number of fused-ring (bicyclic) bond motifs is 1. The number of hydrogen-bond acceptors (Lipinski definition) is 2. The van der Waals surface area contributed by atoms with Crippen molar-refractivity contribution in [2.75, 3.05) is 11.9 Å². The summed E-state index contributed by atoms with van der Waals surface area (Å²) in [6, 6.07) is 9.95. The van der Waals surface area contributed by atoms with Gasteiger partial charge in [0.05, 0.1) is 5.56 Å². The highest BCUT2D eigenvalue weighted by Gasteiger charge is 2.16. The number of benzene rings is 2. The molecule has 0 aromatic heterocycles. The SMILES string of the molecule is O=C(Nc1cccc2c1CCNC2)c1ccc(F)cc1Br. The monoisotopic (exact) mass is 348 g/mol. The first kappa shape index (κ1) is 14.2. The molecular formula is C16H14BrFN2O. The maximum Gasteiger partial charge on any atom is 0.256 e. The Balaban J connectivity index is 1.88. The van der Waals surface area contributed by atoms with Crippen molar-refractivity contribution in [3.05, 3.63) is 63.4 Å². The molecule has 1 aliphatic rings. The summed E-state index contributed by atoms with van der Waals surface area (Å²) in [6.45, 7) is 1.72. The molecule has 0 saturated carbocycles. The molecule has 0 atom stereocenters. The van der Waals surface area contributed by atoms with Crippen LogP contribution in [0, 0.1) is 5.82 Å². The molecule has 1 heterocycles. The number of anilines is 1. The summed E-state index contributed by atoms with van der Waals surface area (Å²) in [6.07, 6.45) is 0.885. The quantitative estimate of drug-likeness (QED) is 0.872. The fourth-order valence-electron chi connectivity index (χ4n) is 2.51. The van der Waals surface area contributed by atoms with Gasteiger partial charge in [-0.2, -0.15) is 0 Å². The third-order valence-electron chi connectivity index (χ3n) is 3.56. The van der Waals surface area contributed by atoms with Crippen molar-refractivity contribution in [3.8, 4) is 0 Å². The Bertz CT molecular complexity index is 703. The minimum absolute atomic E-state index is 0.242. The first-order valence-electron chi connectivity index (χ1n) is 6.73. The molecule has 0 spiro atoms. The Morgan fingerprint density at radius 2 is 2.14 bits per heavy atom. The van der Waals surface area contributed by atoms with E-state index in [0.29, 0.717) is 10.0 Å². The molecule has 21 heavy (non-hydrogen) atoms. The van der Waals surface area contributed by atoms with E-state index in [2.05, 4.69) is 32.6 Å². The largest absolute Gasteiger partial charge is 0.322 e. The van der Waals surface area contributed by atoms with Crippen LogP contribution in [0.4, 0.5) is 10.1 Å². The summed E-state index contributed by atoms with van der Waals surface area (Å²) in [4.78, 5) is 12.4. The predicted octanol–water partition coefficient (Wildman–Crippen LogP) is 3.49. The van der Waals surface area contributed by atoms with Crippen molar-refractivity contribution in [3.63, 3.8) is 0 Å². The highest BCUT2D eigenvalue weighted by Crippen LogP contribution is 2.25. The van der Waals surface area contributed by atoms with Crippen LogP contribution in [0.15, 0.2) is 40.9 Å². The molecule has 3 nitrogen and oxygen atoms in total. The van der Waals surface area contributed by atoms with Crippen molar-refractivity contribution >= 4 is 27.5 Å². The summed E-state index contributed by atoms with van der Waals surface area (Å²) >= 11 is 3.23. The molecule has 5 heteroatoms. The van der Waals surface area contributed by atoms with Crippen molar-refractivity contribution in [1.82, 2.24) is 5.32 Å². The number of hydrogen-bond donors (Lipinski definition) is 2. The van der Waals surface area contributed by atoms with Gasteiger partial charge in [-0.3, -0.25) is 4.79 Å². The second kappa shape index (κ2) is 5.95. The molecule has 0 bridgehead atoms. The lowest BCUT2D eigenvalue weighted by molar-refractivity contribution is 0.102. The van der Waals surface area contributed by atoms with Crippen LogP contribution >= 0.6 is 15.9 Å². The number of rotatable bonds is 2. The van der Waals surface area contributed by atoms with Crippen LogP contribution in [0.1, 0.15) is 21.5 Å². The first-order chi connectivity index (χ1) is 10.1. The molecule has 0 radical (unpaired) electrons. The summed E-state index contributed by atoms with van der Waals surface area (Å²) < 4.78 is 13.5. The van der Waals surface area contributed by atoms with E-state index in [4.69, 9.17) is 0 Å². The van der Waals surface area contributed by atoms with Crippen LogP contribution in [-0.2, 0) is 13.0 Å². The standard InChI is InChI=1S/C16H14BrFN2O/c17-14-8-11(18)4-5-13(14)16(21)20-15-3-1-2-10-9-19-7-6-12(10)15/h1-5,8,19H,6-7,9H2,(H,20,21). The minimum Gasteiger partial charge on any atom is -0.322 e. The van der Waals surface area contributed by atoms with Gasteiger partial charge in [0.15, 0.2) is 0 Å². The molecule has 0 saturated heterocycles. The number of carbonyl (C=O) groups is 1. The Kier molecular flexibility index (Phi) is 4.03. The van der Waals surface area contributed by atoms with E-state index in [-0.39, 0.29) is 11.7 Å². The summed E-state index contributed by atoms with van der Waals surface area (Å²) in [7, 11) is 0. The molecule has 2 N–H and O–H groups in total. The highest BCUT2D eigenvalue weighted by atomic mass is 79.9. The number of carbonyl (C=O) groups excluding carboxylic acids is 1. The zero-order valence-corrected chi connectivity index (χ0v) is 12.8. The maximum absolute atomic E-state index is 13.1. The molecule has 1 amide bonds. The van der Waals surface area contributed by atoms with Crippen molar-refractivity contribution < 1.29 is 9.18 Å². The van der Waals surface area contributed by atoms with Crippen molar-refractivity contribution in [1.29, 1.82) is 0 Å². The van der Waals surface area contributed by atoms with E-state index in [1.54, 1.807) is 0 Å². The number of halogens is 2. The van der Waals surface area contributed by atoms with Crippen LogP contribution in [0.2, 0.25) is 0 Å². The fraction of sp³-hybridized carbons (Fsp3) is 0.188. The maximum atomic E-state index is 13.1. The molecule has 2 aromatic rings. The smallest absolute Gasteiger partial charge is 0.256 e. The zero-order chi connectivity index (χ0) is 14.8. The third-order valence-corrected chi connectivity index (χ3v) is 4.22. The molecule has 2 aromatic carbocycles. The van der Waals surface area contributed by atoms with Crippen LogP contribution in [0.3, 0.4) is 0 Å². The number of nitrogens with one attached hydrogen (secondary N) is 2. The van der Waals surface area contributed by atoms with Crippen LogP contribution in [0.5, 0.6) is 0 Å². The Morgan fingerprint density at radius 3 is 2.95 bits per heavy atom. The van der Waals surface area contributed by atoms with E-state index >= 15 is 0 Å². The second-order valence-corrected chi connectivity index (χ2v) is 5.80. The Morgan fingerprint density at radius 1 is 1.29 bits per heavy atom. The average Bonchev–Trinajstić information content (AvgIpc) is 2.47. The van der Waals surface area contributed by atoms with Gasteiger partial charge in [0.25, 0.3) is 5.91 Å². The molecule has 0 fully saturated rings. The third kappa shape index (κ3) is 2.99. The van der Waals surface area contributed by atoms with E-state index in [1.165, 1.54) is 29.3 Å². The highest BCUT2D eigenvalue weighted by molar-refractivity contribution is 9.10. The van der Waals surface area contributed by atoms with Crippen molar-refractivity contribution in [2.24, 2.45) is 0 Å². The Labute approximate surface area is 130 Å². The van der Waals surface area contributed by atoms with Crippen molar-refractivity contribution in [2.45, 2.75) is 13.0 Å². The van der Waals surface area contributed by atoms with Crippen LogP contribution < -0.4 is 10.6 Å². The van der Waals surface area contributed by atoms with Gasteiger partial charge in [-0.25, -0.2) is 4.39 Å².